The maximum atomic E-state index is 12.0. The summed E-state index contributed by atoms with van der Waals surface area (Å²) in [5, 5.41) is 12.0. The first-order chi connectivity index (χ1) is 13.9. The van der Waals surface area contributed by atoms with Gasteiger partial charge in [0.1, 0.15) is 0 Å². The van der Waals surface area contributed by atoms with Crippen LogP contribution in [-0.4, -0.2) is 22.0 Å². The molecule has 0 aliphatic rings. The lowest BCUT2D eigenvalue weighted by Gasteiger charge is -2.11. The zero-order chi connectivity index (χ0) is 21.2. The Morgan fingerprint density at radius 2 is 1.41 bits per heavy atom. The molecule has 0 aliphatic heterocycles. The highest BCUT2D eigenvalue weighted by atomic mass is 35.5. The maximum Gasteiger partial charge on any atom is 0.250 e. The molecule has 0 aromatic heterocycles. The number of hydrogen-bond acceptors (Lipinski definition) is 4. The molecule has 0 aliphatic carbocycles. The van der Waals surface area contributed by atoms with Crippen molar-refractivity contribution in [2.24, 2.45) is 0 Å². The summed E-state index contributed by atoms with van der Waals surface area (Å²) in [6.07, 6.45) is 3.40. The number of hydrogen-bond donors (Lipinski definition) is 4. The SMILES string of the molecule is CCC(=O)NC(=S)Nc1ccc(NC(=S)NC(=O)/C=C/c2ccc(Cl)cc2)cc1. The lowest BCUT2D eigenvalue weighted by atomic mass is 10.2. The summed E-state index contributed by atoms with van der Waals surface area (Å²) in [5.41, 5.74) is 2.24. The van der Waals surface area contributed by atoms with Crippen molar-refractivity contribution in [1.82, 2.24) is 10.6 Å². The third kappa shape index (κ3) is 8.39. The first-order valence-corrected chi connectivity index (χ1v) is 9.81. The van der Waals surface area contributed by atoms with Crippen LogP contribution in [0.1, 0.15) is 18.9 Å². The van der Waals surface area contributed by atoms with Gasteiger partial charge in [-0.15, -0.1) is 0 Å². The fraction of sp³-hybridized carbons (Fsp3) is 0.100. The van der Waals surface area contributed by atoms with Gasteiger partial charge in [-0.2, -0.15) is 0 Å². The summed E-state index contributed by atoms with van der Waals surface area (Å²) < 4.78 is 0. The van der Waals surface area contributed by atoms with E-state index in [0.29, 0.717) is 22.8 Å². The van der Waals surface area contributed by atoms with Gasteiger partial charge in [0.2, 0.25) is 11.8 Å². The van der Waals surface area contributed by atoms with Gasteiger partial charge in [-0.3, -0.25) is 14.9 Å². The van der Waals surface area contributed by atoms with Crippen LogP contribution < -0.4 is 21.3 Å². The Kier molecular flexibility index (Phi) is 8.72. The van der Waals surface area contributed by atoms with Crippen molar-refractivity contribution in [3.8, 4) is 0 Å². The average Bonchev–Trinajstić information content (AvgIpc) is 2.68. The minimum Gasteiger partial charge on any atom is -0.332 e. The molecular weight excluding hydrogens is 428 g/mol. The second kappa shape index (κ2) is 11.3. The summed E-state index contributed by atoms with van der Waals surface area (Å²) in [7, 11) is 0. The first kappa shape index (κ1) is 22.5. The maximum absolute atomic E-state index is 12.0. The Balaban J connectivity index is 1.82. The number of halogens is 1. The predicted molar refractivity (Wildman–Crippen MR) is 126 cm³/mol. The van der Waals surface area contributed by atoms with Crippen molar-refractivity contribution in [2.75, 3.05) is 10.6 Å². The molecule has 2 aromatic rings. The van der Waals surface area contributed by atoms with E-state index >= 15 is 0 Å². The molecule has 2 aromatic carbocycles. The molecule has 0 saturated heterocycles. The second-order valence-electron chi connectivity index (χ2n) is 5.76. The Morgan fingerprint density at radius 3 is 1.93 bits per heavy atom. The van der Waals surface area contributed by atoms with Crippen LogP contribution in [0.3, 0.4) is 0 Å². The number of benzene rings is 2. The molecule has 2 rings (SSSR count). The lowest BCUT2D eigenvalue weighted by molar-refractivity contribution is -0.119. The van der Waals surface area contributed by atoms with Gasteiger partial charge in [0.15, 0.2) is 10.2 Å². The van der Waals surface area contributed by atoms with Gasteiger partial charge < -0.3 is 16.0 Å². The zero-order valence-electron chi connectivity index (χ0n) is 15.5. The highest BCUT2D eigenvalue weighted by Gasteiger charge is 2.04. The van der Waals surface area contributed by atoms with Gasteiger partial charge >= 0.3 is 0 Å². The topological polar surface area (TPSA) is 82.3 Å². The summed E-state index contributed by atoms with van der Waals surface area (Å²) >= 11 is 16.0. The molecular formula is C20H19ClN4O2S2. The molecule has 6 nitrogen and oxygen atoms in total. The molecule has 0 bridgehead atoms. The fourth-order valence-corrected chi connectivity index (χ4v) is 2.65. The van der Waals surface area contributed by atoms with Crippen molar-refractivity contribution < 1.29 is 9.59 Å². The minimum absolute atomic E-state index is 0.160. The Morgan fingerprint density at radius 1 is 0.897 bits per heavy atom. The van der Waals surface area contributed by atoms with E-state index in [-0.39, 0.29) is 22.0 Å². The van der Waals surface area contributed by atoms with Crippen molar-refractivity contribution in [1.29, 1.82) is 0 Å². The first-order valence-electron chi connectivity index (χ1n) is 8.62. The van der Waals surface area contributed by atoms with E-state index in [0.717, 1.165) is 5.56 Å². The van der Waals surface area contributed by atoms with E-state index in [1.54, 1.807) is 61.5 Å². The molecule has 2 amide bonds. The van der Waals surface area contributed by atoms with E-state index in [1.807, 2.05) is 0 Å². The van der Waals surface area contributed by atoms with Crippen molar-refractivity contribution >= 4 is 75.5 Å². The van der Waals surface area contributed by atoms with Crippen LogP contribution in [0.2, 0.25) is 5.02 Å². The molecule has 0 saturated carbocycles. The van der Waals surface area contributed by atoms with Crippen LogP contribution in [0.4, 0.5) is 11.4 Å². The molecule has 150 valence electrons. The quantitative estimate of drug-likeness (QED) is 0.409. The third-order valence-corrected chi connectivity index (χ3v) is 4.17. The van der Waals surface area contributed by atoms with Gasteiger partial charge in [0.25, 0.3) is 0 Å². The highest BCUT2D eigenvalue weighted by molar-refractivity contribution is 7.80. The van der Waals surface area contributed by atoms with Crippen LogP contribution in [0.25, 0.3) is 6.08 Å². The summed E-state index contributed by atoms with van der Waals surface area (Å²) in [6.45, 7) is 1.74. The van der Waals surface area contributed by atoms with Crippen LogP contribution >= 0.6 is 36.0 Å². The molecule has 0 unspecified atom stereocenters. The molecule has 9 heteroatoms. The predicted octanol–water partition coefficient (Wildman–Crippen LogP) is 4.09. The number of carbonyl (C=O) groups excluding carboxylic acids is 2. The summed E-state index contributed by atoms with van der Waals surface area (Å²) in [4.78, 5) is 23.3. The van der Waals surface area contributed by atoms with Crippen molar-refractivity contribution in [3.63, 3.8) is 0 Å². The van der Waals surface area contributed by atoms with Crippen LogP contribution in [-0.2, 0) is 9.59 Å². The number of thiocarbonyl (C=S) groups is 2. The van der Waals surface area contributed by atoms with Gasteiger partial charge in [0, 0.05) is 28.9 Å². The number of anilines is 2. The van der Waals surface area contributed by atoms with Crippen LogP contribution in [0.5, 0.6) is 0 Å². The smallest absolute Gasteiger partial charge is 0.250 e. The van der Waals surface area contributed by atoms with E-state index in [4.69, 9.17) is 36.0 Å². The molecule has 0 radical (unpaired) electrons. The number of amides is 2. The van der Waals surface area contributed by atoms with Gasteiger partial charge in [-0.05, 0) is 72.5 Å². The highest BCUT2D eigenvalue weighted by Crippen LogP contribution is 2.13. The molecule has 4 N–H and O–H groups in total. The van der Waals surface area contributed by atoms with Gasteiger partial charge in [0.05, 0.1) is 0 Å². The van der Waals surface area contributed by atoms with Crippen LogP contribution in [0.15, 0.2) is 54.6 Å². The summed E-state index contributed by atoms with van der Waals surface area (Å²) in [6, 6.07) is 14.1. The fourth-order valence-electron chi connectivity index (χ4n) is 2.08. The zero-order valence-corrected chi connectivity index (χ0v) is 17.9. The Bertz CT molecular complexity index is 929. The van der Waals surface area contributed by atoms with E-state index < -0.39 is 0 Å². The lowest BCUT2D eigenvalue weighted by Crippen LogP contribution is -2.33. The van der Waals surface area contributed by atoms with Crippen molar-refractivity contribution in [2.45, 2.75) is 13.3 Å². The normalized spacial score (nSPS) is 10.3. The largest absolute Gasteiger partial charge is 0.332 e. The standard InChI is InChI=1S/C20H19ClN4O2S2/c1-2-17(26)24-19(28)22-15-8-10-16(11-9-15)23-20(29)25-18(27)12-5-13-3-6-14(21)7-4-13/h3-12H,2H2,1H3,(H2,22,24,26,28)(H2,23,25,27,29)/b12-5+. The van der Waals surface area contributed by atoms with Gasteiger partial charge in [-0.25, -0.2) is 0 Å². The minimum atomic E-state index is -0.354. The van der Waals surface area contributed by atoms with E-state index in [9.17, 15) is 9.59 Å². The molecule has 0 heterocycles. The van der Waals surface area contributed by atoms with E-state index in [1.165, 1.54) is 6.08 Å². The summed E-state index contributed by atoms with van der Waals surface area (Å²) in [5.74, 6) is -0.514. The Labute approximate surface area is 184 Å². The second-order valence-corrected chi connectivity index (χ2v) is 7.01. The number of nitrogens with one attached hydrogen (secondary N) is 4. The monoisotopic (exact) mass is 446 g/mol. The number of carbonyl (C=O) groups is 2. The number of rotatable bonds is 5. The van der Waals surface area contributed by atoms with Gasteiger partial charge in [-0.1, -0.05) is 30.7 Å². The average molecular weight is 447 g/mol. The van der Waals surface area contributed by atoms with Crippen LogP contribution in [0, 0.1) is 0 Å². The van der Waals surface area contributed by atoms with E-state index in [2.05, 4.69) is 21.3 Å². The molecule has 0 spiro atoms. The molecule has 0 fully saturated rings. The Hall–Kier alpha value is -2.81. The van der Waals surface area contributed by atoms with Crippen molar-refractivity contribution in [3.05, 3.63) is 65.2 Å². The third-order valence-electron chi connectivity index (χ3n) is 3.51. The molecule has 0 atom stereocenters. The molecule has 29 heavy (non-hydrogen) atoms.